The molecule has 3 rings (SSSR count). The zero-order valence-electron chi connectivity index (χ0n) is 12.1. The zero-order valence-corrected chi connectivity index (χ0v) is 16.1. The van der Waals surface area contributed by atoms with E-state index in [1.54, 1.807) is 0 Å². The molecule has 0 aliphatic carbocycles. The molecule has 3 aromatic carbocycles. The van der Waals surface area contributed by atoms with Gasteiger partial charge in [0, 0.05) is 51.4 Å². The molecule has 0 nitrogen and oxygen atoms in total. The van der Waals surface area contributed by atoms with Crippen LogP contribution in [0.3, 0.4) is 0 Å². The molecule has 3 aromatic rings. The van der Waals surface area contributed by atoms with Crippen LogP contribution in [0.15, 0.2) is 91.0 Å². The molecule has 0 aliphatic rings. The topological polar surface area (TPSA) is 0 Å². The van der Waals surface area contributed by atoms with Crippen molar-refractivity contribution in [1.29, 1.82) is 0 Å². The Labute approximate surface area is 174 Å². The average Bonchev–Trinajstić information content (AvgIpc) is 2.56. The van der Waals surface area contributed by atoms with E-state index in [1.807, 2.05) is 18.2 Å². The Balaban J connectivity index is 0.00000161. The second kappa shape index (κ2) is 7.77. The molecule has 0 unspecified atom stereocenters. The number of benzene rings is 3. The third-order valence-corrected chi connectivity index (χ3v) is 4.35. The molecule has 99 valence electrons. The Kier molecular flexibility index (Phi) is 6.29. The Bertz CT molecular complexity index is 569. The van der Waals surface area contributed by atoms with Gasteiger partial charge in [0.05, 0.1) is 4.75 Å². The Morgan fingerprint density at radius 1 is 0.476 bits per heavy atom. The van der Waals surface area contributed by atoms with E-state index in [1.165, 1.54) is 16.7 Å². The first-order valence-corrected chi connectivity index (χ1v) is 7.15. The minimum atomic E-state index is -0.427. The molecule has 0 heterocycles. The van der Waals surface area contributed by atoms with Crippen molar-refractivity contribution in [2.45, 2.75) is 4.75 Å². The normalized spacial score (nSPS) is 10.7. The van der Waals surface area contributed by atoms with E-state index >= 15 is 0 Å². The molecule has 0 bridgehead atoms. The van der Waals surface area contributed by atoms with Crippen molar-refractivity contribution in [3.05, 3.63) is 108 Å². The summed E-state index contributed by atoms with van der Waals surface area (Å²) in [5, 5.41) is 0. The molecular formula is C19H16KS. The van der Waals surface area contributed by atoms with Crippen molar-refractivity contribution in [3.63, 3.8) is 0 Å². The van der Waals surface area contributed by atoms with Crippen LogP contribution in [-0.2, 0) is 4.75 Å². The van der Waals surface area contributed by atoms with Crippen LogP contribution in [0.2, 0.25) is 0 Å². The fourth-order valence-corrected chi connectivity index (χ4v) is 2.99. The maximum Gasteiger partial charge on any atom is 0.0878 e. The van der Waals surface area contributed by atoms with Crippen molar-refractivity contribution >= 4 is 64.0 Å². The molecule has 0 spiro atoms. The van der Waals surface area contributed by atoms with Crippen molar-refractivity contribution in [2.75, 3.05) is 0 Å². The standard InChI is InChI=1S/C19H16S.K/c20-19(16-10-4-1-5-11-16,17-12-6-2-7-13-17)18-14-8-3-9-15-18;/h1-15,20H;. The van der Waals surface area contributed by atoms with Gasteiger partial charge >= 0.3 is 0 Å². The van der Waals surface area contributed by atoms with Gasteiger partial charge in [-0.15, -0.1) is 0 Å². The third-order valence-electron chi connectivity index (χ3n) is 3.57. The molecule has 0 saturated carbocycles. The summed E-state index contributed by atoms with van der Waals surface area (Å²) in [5.41, 5.74) is 3.54. The maximum absolute atomic E-state index is 5.09. The molecule has 21 heavy (non-hydrogen) atoms. The monoisotopic (exact) mass is 315 g/mol. The second-order valence-electron chi connectivity index (χ2n) is 4.81. The van der Waals surface area contributed by atoms with Gasteiger partial charge in [-0.3, -0.25) is 0 Å². The Morgan fingerprint density at radius 2 is 0.714 bits per heavy atom. The Morgan fingerprint density at radius 3 is 0.952 bits per heavy atom. The van der Waals surface area contributed by atoms with Crippen LogP contribution in [0.1, 0.15) is 16.7 Å². The van der Waals surface area contributed by atoms with Crippen molar-refractivity contribution < 1.29 is 0 Å². The molecule has 0 atom stereocenters. The molecule has 1 radical (unpaired) electrons. The van der Waals surface area contributed by atoms with Gasteiger partial charge in [0.2, 0.25) is 0 Å². The van der Waals surface area contributed by atoms with E-state index in [9.17, 15) is 0 Å². The quantitative estimate of drug-likeness (QED) is 0.410. The summed E-state index contributed by atoms with van der Waals surface area (Å²) in [5.74, 6) is 0. The first-order chi connectivity index (χ1) is 9.82. The minimum Gasteiger partial charge on any atom is -0.158 e. The molecule has 0 aliphatic heterocycles. The maximum atomic E-state index is 5.09. The van der Waals surface area contributed by atoms with Crippen LogP contribution in [-0.4, -0.2) is 51.4 Å². The smallest absolute Gasteiger partial charge is 0.0878 e. The molecule has 0 aromatic heterocycles. The number of rotatable bonds is 3. The van der Waals surface area contributed by atoms with Crippen molar-refractivity contribution in [2.24, 2.45) is 0 Å². The van der Waals surface area contributed by atoms with E-state index < -0.39 is 4.75 Å². The van der Waals surface area contributed by atoms with Crippen LogP contribution < -0.4 is 0 Å². The van der Waals surface area contributed by atoms with Gasteiger partial charge in [-0.05, 0) is 16.7 Å². The van der Waals surface area contributed by atoms with E-state index in [-0.39, 0.29) is 51.4 Å². The number of thiol groups is 1. The van der Waals surface area contributed by atoms with Gasteiger partial charge in [-0.25, -0.2) is 0 Å². The third kappa shape index (κ3) is 3.53. The fourth-order valence-electron chi connectivity index (χ4n) is 2.54. The summed E-state index contributed by atoms with van der Waals surface area (Å²) in [6, 6.07) is 31.3. The van der Waals surface area contributed by atoms with Gasteiger partial charge < -0.3 is 0 Å². The molecule has 0 N–H and O–H groups in total. The summed E-state index contributed by atoms with van der Waals surface area (Å²) in [6.45, 7) is 0. The molecule has 2 heteroatoms. The number of hydrogen-bond donors (Lipinski definition) is 1. The predicted molar refractivity (Wildman–Crippen MR) is 93.9 cm³/mol. The molecule has 0 amide bonds. The van der Waals surface area contributed by atoms with Crippen LogP contribution >= 0.6 is 12.6 Å². The second-order valence-corrected chi connectivity index (χ2v) is 5.48. The Hall–Kier alpha value is -0.354. The predicted octanol–water partition coefficient (Wildman–Crippen LogP) is 4.53. The summed E-state index contributed by atoms with van der Waals surface area (Å²) in [6.07, 6.45) is 0. The summed E-state index contributed by atoms with van der Waals surface area (Å²) in [7, 11) is 0. The van der Waals surface area contributed by atoms with Crippen LogP contribution in [0, 0.1) is 0 Å². The average molecular weight is 316 g/mol. The number of hydrogen-bond acceptors (Lipinski definition) is 1. The van der Waals surface area contributed by atoms with Gasteiger partial charge in [0.1, 0.15) is 0 Å². The fraction of sp³-hybridized carbons (Fsp3) is 0.0526. The van der Waals surface area contributed by atoms with Crippen LogP contribution in [0.5, 0.6) is 0 Å². The molecular weight excluding hydrogens is 299 g/mol. The van der Waals surface area contributed by atoms with Crippen LogP contribution in [0.25, 0.3) is 0 Å². The summed E-state index contributed by atoms with van der Waals surface area (Å²) >= 11 is 5.09. The van der Waals surface area contributed by atoms with Crippen molar-refractivity contribution in [1.82, 2.24) is 0 Å². The zero-order chi connectivity index (χ0) is 13.8. The minimum absolute atomic E-state index is 0. The SMILES string of the molecule is SC(c1ccccc1)(c1ccccc1)c1ccccc1.[K]. The van der Waals surface area contributed by atoms with Gasteiger partial charge in [-0.2, -0.15) is 12.6 Å². The molecule has 0 saturated heterocycles. The summed E-state index contributed by atoms with van der Waals surface area (Å²) < 4.78 is -0.427. The van der Waals surface area contributed by atoms with E-state index in [0.717, 1.165) is 0 Å². The first kappa shape index (κ1) is 17.0. The van der Waals surface area contributed by atoms with Gasteiger partial charge in [0.15, 0.2) is 0 Å². The van der Waals surface area contributed by atoms with E-state index in [4.69, 9.17) is 12.6 Å². The first-order valence-electron chi connectivity index (χ1n) is 6.71. The van der Waals surface area contributed by atoms with Gasteiger partial charge in [0.25, 0.3) is 0 Å². The van der Waals surface area contributed by atoms with E-state index in [2.05, 4.69) is 72.8 Å². The largest absolute Gasteiger partial charge is 0.158 e. The van der Waals surface area contributed by atoms with Crippen molar-refractivity contribution in [3.8, 4) is 0 Å². The van der Waals surface area contributed by atoms with Gasteiger partial charge in [-0.1, -0.05) is 91.0 Å². The van der Waals surface area contributed by atoms with Crippen LogP contribution in [0.4, 0.5) is 0 Å². The molecule has 0 fully saturated rings. The van der Waals surface area contributed by atoms with E-state index in [0.29, 0.717) is 0 Å². The summed E-state index contributed by atoms with van der Waals surface area (Å²) in [4.78, 5) is 0.